The molecule has 1 saturated heterocycles. The number of hydrogen-bond donors (Lipinski definition) is 0. The van der Waals surface area contributed by atoms with Crippen molar-refractivity contribution >= 4 is 16.8 Å². The van der Waals surface area contributed by atoms with Crippen LogP contribution in [0.15, 0.2) is 41.2 Å². The smallest absolute Gasteiger partial charge is 0.261 e. The number of fused-ring (bicyclic) bond motifs is 1. The quantitative estimate of drug-likeness (QED) is 0.773. The van der Waals surface area contributed by atoms with E-state index in [2.05, 4.69) is 4.98 Å². The fraction of sp³-hybridized carbons (Fsp3) is 0.450. The first-order valence-corrected chi connectivity index (χ1v) is 9.29. The van der Waals surface area contributed by atoms with Gasteiger partial charge in [-0.3, -0.25) is 14.2 Å². The van der Waals surface area contributed by atoms with Crippen molar-refractivity contribution in [1.29, 1.82) is 0 Å². The van der Waals surface area contributed by atoms with Crippen molar-refractivity contribution in [3.05, 3.63) is 52.6 Å². The molecule has 1 unspecified atom stereocenters. The lowest BCUT2D eigenvalue weighted by molar-refractivity contribution is -0.136. The summed E-state index contributed by atoms with van der Waals surface area (Å²) >= 11 is 0. The van der Waals surface area contributed by atoms with Crippen LogP contribution in [0, 0.1) is 5.92 Å². The molecule has 0 bridgehead atoms. The highest BCUT2D eigenvalue weighted by Gasteiger charge is 2.36. The van der Waals surface area contributed by atoms with E-state index in [4.69, 9.17) is 0 Å². The molecule has 0 saturated carbocycles. The minimum absolute atomic E-state index is 0.0218. The van der Waals surface area contributed by atoms with E-state index in [1.165, 1.54) is 0 Å². The Morgan fingerprint density at radius 2 is 1.96 bits per heavy atom. The summed E-state index contributed by atoms with van der Waals surface area (Å²) in [5, 5.41) is 0.317. The number of alkyl halides is 2. The SMILES string of the molecule is O=C(C1CC=CC1)N1CCCC1c1nc2ccccc2c(=O)n1CC(F)F. The number of halogens is 2. The van der Waals surface area contributed by atoms with Gasteiger partial charge in [0.25, 0.3) is 12.0 Å². The molecule has 2 aromatic rings. The summed E-state index contributed by atoms with van der Waals surface area (Å²) in [4.78, 5) is 32.1. The van der Waals surface area contributed by atoms with E-state index in [0.29, 0.717) is 36.7 Å². The summed E-state index contributed by atoms with van der Waals surface area (Å²) in [7, 11) is 0. The molecular formula is C20H21F2N3O2. The molecule has 7 heteroatoms. The zero-order valence-corrected chi connectivity index (χ0v) is 14.9. The van der Waals surface area contributed by atoms with E-state index in [-0.39, 0.29) is 17.6 Å². The topological polar surface area (TPSA) is 55.2 Å². The number of likely N-dealkylation sites (tertiary alicyclic amines) is 1. The summed E-state index contributed by atoms with van der Waals surface area (Å²) in [5.41, 5.74) is 0.00239. The highest BCUT2D eigenvalue weighted by atomic mass is 19.3. The monoisotopic (exact) mass is 373 g/mol. The van der Waals surface area contributed by atoms with Crippen molar-refractivity contribution in [2.45, 2.75) is 44.7 Å². The van der Waals surface area contributed by atoms with E-state index in [1.807, 2.05) is 12.2 Å². The van der Waals surface area contributed by atoms with Crippen molar-refractivity contribution in [3.63, 3.8) is 0 Å². The van der Waals surface area contributed by atoms with Gasteiger partial charge in [0, 0.05) is 12.5 Å². The van der Waals surface area contributed by atoms with Crippen LogP contribution in [0.25, 0.3) is 10.9 Å². The lowest BCUT2D eigenvalue weighted by Gasteiger charge is -2.28. The molecule has 2 heterocycles. The van der Waals surface area contributed by atoms with Gasteiger partial charge in [0.05, 0.1) is 23.5 Å². The van der Waals surface area contributed by atoms with Gasteiger partial charge in [0.2, 0.25) is 5.91 Å². The number of para-hydroxylation sites is 1. The standard InChI is InChI=1S/C20H21F2N3O2/c21-17(22)12-25-18(23-15-9-4-3-8-14(15)20(25)27)16-10-5-11-24(16)19(26)13-6-1-2-7-13/h1-4,8-9,13,16-17H,5-7,10-12H2. The number of carbonyl (C=O) groups is 1. The predicted octanol–water partition coefficient (Wildman–Crippen LogP) is 3.29. The van der Waals surface area contributed by atoms with Crippen molar-refractivity contribution in [2.24, 2.45) is 5.92 Å². The molecule has 0 spiro atoms. The van der Waals surface area contributed by atoms with Gasteiger partial charge in [-0.05, 0) is 37.8 Å². The summed E-state index contributed by atoms with van der Waals surface area (Å²) in [6.45, 7) is -0.146. The number of allylic oxidation sites excluding steroid dienone is 2. The third kappa shape index (κ3) is 3.26. The molecular weight excluding hydrogens is 352 g/mol. The molecule has 1 atom stereocenters. The molecule has 1 fully saturated rings. The van der Waals surface area contributed by atoms with E-state index in [1.54, 1.807) is 29.2 Å². The third-order valence-electron chi connectivity index (χ3n) is 5.40. The summed E-state index contributed by atoms with van der Waals surface area (Å²) < 4.78 is 27.5. The molecule has 1 aliphatic carbocycles. The number of hydrogen-bond acceptors (Lipinski definition) is 3. The van der Waals surface area contributed by atoms with Crippen LogP contribution in [0.2, 0.25) is 0 Å². The Hall–Kier alpha value is -2.57. The average molecular weight is 373 g/mol. The Bertz CT molecular complexity index is 946. The Kier molecular flexibility index (Phi) is 4.76. The van der Waals surface area contributed by atoms with Crippen LogP contribution in [-0.4, -0.2) is 33.3 Å². The van der Waals surface area contributed by atoms with Crippen molar-refractivity contribution in [3.8, 4) is 0 Å². The second kappa shape index (κ2) is 7.21. The first-order valence-electron chi connectivity index (χ1n) is 9.29. The molecule has 4 rings (SSSR count). The molecule has 142 valence electrons. The van der Waals surface area contributed by atoms with Gasteiger partial charge >= 0.3 is 0 Å². The van der Waals surface area contributed by atoms with E-state index in [0.717, 1.165) is 11.0 Å². The van der Waals surface area contributed by atoms with E-state index >= 15 is 0 Å². The van der Waals surface area contributed by atoms with Gasteiger partial charge in [-0.15, -0.1) is 0 Å². The largest absolute Gasteiger partial charge is 0.332 e. The Morgan fingerprint density at radius 3 is 2.70 bits per heavy atom. The van der Waals surface area contributed by atoms with Gasteiger partial charge in [0.15, 0.2) is 0 Å². The molecule has 0 N–H and O–H groups in total. The average Bonchev–Trinajstić information content (AvgIpc) is 3.35. The number of aromatic nitrogens is 2. The fourth-order valence-electron chi connectivity index (χ4n) is 4.11. The van der Waals surface area contributed by atoms with Crippen LogP contribution in [0.1, 0.15) is 37.5 Å². The minimum Gasteiger partial charge on any atom is -0.332 e. The molecule has 2 aliphatic rings. The van der Waals surface area contributed by atoms with Crippen molar-refractivity contribution < 1.29 is 13.6 Å². The van der Waals surface area contributed by atoms with Crippen LogP contribution >= 0.6 is 0 Å². The maximum Gasteiger partial charge on any atom is 0.261 e. The number of rotatable bonds is 4. The number of carbonyl (C=O) groups excluding carboxylic acids is 1. The number of benzene rings is 1. The Labute approximate surface area is 155 Å². The molecule has 0 radical (unpaired) electrons. The highest BCUT2D eigenvalue weighted by Crippen LogP contribution is 2.34. The minimum atomic E-state index is -2.67. The van der Waals surface area contributed by atoms with Crippen LogP contribution in [0.5, 0.6) is 0 Å². The first kappa shape index (κ1) is 17.8. The molecule has 1 aromatic heterocycles. The zero-order chi connectivity index (χ0) is 19.0. The Balaban J connectivity index is 1.79. The third-order valence-corrected chi connectivity index (χ3v) is 5.40. The van der Waals surface area contributed by atoms with Gasteiger partial charge < -0.3 is 4.90 Å². The van der Waals surface area contributed by atoms with Gasteiger partial charge in [0.1, 0.15) is 5.82 Å². The van der Waals surface area contributed by atoms with Crippen molar-refractivity contribution in [1.82, 2.24) is 14.5 Å². The molecule has 1 aliphatic heterocycles. The van der Waals surface area contributed by atoms with Crippen molar-refractivity contribution in [2.75, 3.05) is 6.54 Å². The normalized spacial score (nSPS) is 20.3. The molecule has 5 nitrogen and oxygen atoms in total. The van der Waals surface area contributed by atoms with E-state index < -0.39 is 24.6 Å². The Morgan fingerprint density at radius 1 is 1.22 bits per heavy atom. The van der Waals surface area contributed by atoms with E-state index in [9.17, 15) is 18.4 Å². The molecule has 1 amide bonds. The summed E-state index contributed by atoms with van der Waals surface area (Å²) in [5.74, 6) is 0.200. The van der Waals surface area contributed by atoms with Gasteiger partial charge in [-0.1, -0.05) is 24.3 Å². The first-order chi connectivity index (χ1) is 13.1. The van der Waals surface area contributed by atoms with Crippen LogP contribution in [0.4, 0.5) is 8.78 Å². The molecule has 27 heavy (non-hydrogen) atoms. The highest BCUT2D eigenvalue weighted by molar-refractivity contribution is 5.81. The maximum absolute atomic E-state index is 13.2. The maximum atomic E-state index is 13.2. The lowest BCUT2D eigenvalue weighted by atomic mass is 10.0. The summed E-state index contributed by atoms with van der Waals surface area (Å²) in [6, 6.07) is 6.32. The van der Waals surface area contributed by atoms with Crippen LogP contribution in [0.3, 0.4) is 0 Å². The lowest BCUT2D eigenvalue weighted by Crippen LogP contribution is -2.38. The predicted molar refractivity (Wildman–Crippen MR) is 97.6 cm³/mol. The van der Waals surface area contributed by atoms with Gasteiger partial charge in [-0.2, -0.15) is 0 Å². The number of amides is 1. The summed E-state index contributed by atoms with van der Waals surface area (Å²) in [6.07, 6.45) is 4.12. The second-order valence-electron chi connectivity index (χ2n) is 7.12. The second-order valence-corrected chi connectivity index (χ2v) is 7.12. The zero-order valence-electron chi connectivity index (χ0n) is 14.9. The van der Waals surface area contributed by atoms with Gasteiger partial charge in [-0.25, -0.2) is 13.8 Å². The van der Waals surface area contributed by atoms with Crippen LogP contribution < -0.4 is 5.56 Å². The fourth-order valence-corrected chi connectivity index (χ4v) is 4.11. The van der Waals surface area contributed by atoms with Crippen LogP contribution in [-0.2, 0) is 11.3 Å². The number of nitrogens with zero attached hydrogens (tertiary/aromatic N) is 3. The molecule has 1 aromatic carbocycles.